The van der Waals surface area contributed by atoms with Crippen molar-refractivity contribution in [1.82, 2.24) is 15.0 Å². The van der Waals surface area contributed by atoms with E-state index in [2.05, 4.69) is 19.7 Å². The number of hydrogen-bond donors (Lipinski definition) is 2. The number of hydrogen-bond acceptors (Lipinski definition) is 5. The standard InChI is InChI=1S/C19H18F2N4O3S/c20-14-6-7-15(25-29(27,28)11-4-2-1-3-5-11)17(21)16(14)18(26)12-9-23-19-13(12)8-22-10-24-19/h6-11,25H,1-5H2,(H,22,23,24). The van der Waals surface area contributed by atoms with Crippen molar-refractivity contribution < 1.29 is 22.0 Å². The fraction of sp³-hybridized carbons (Fsp3) is 0.316. The summed E-state index contributed by atoms with van der Waals surface area (Å²) in [6, 6.07) is 1.86. The summed E-state index contributed by atoms with van der Waals surface area (Å²) in [5, 5.41) is -0.324. The van der Waals surface area contributed by atoms with Crippen molar-refractivity contribution in [2.75, 3.05) is 4.72 Å². The van der Waals surface area contributed by atoms with Gasteiger partial charge in [-0.1, -0.05) is 19.3 Å². The summed E-state index contributed by atoms with van der Waals surface area (Å²) in [7, 11) is -3.85. The normalized spacial score (nSPS) is 15.5. The molecular formula is C19H18F2N4O3S. The van der Waals surface area contributed by atoms with Gasteiger partial charge in [0.1, 0.15) is 17.8 Å². The molecule has 0 unspecified atom stereocenters. The number of sulfonamides is 1. The minimum atomic E-state index is -3.85. The van der Waals surface area contributed by atoms with Crippen LogP contribution in [0.1, 0.15) is 48.0 Å². The molecule has 1 aliphatic carbocycles. The number of anilines is 1. The van der Waals surface area contributed by atoms with Gasteiger partial charge in [0.2, 0.25) is 15.8 Å². The van der Waals surface area contributed by atoms with E-state index in [0.29, 0.717) is 23.9 Å². The Morgan fingerprint density at radius 1 is 1.17 bits per heavy atom. The molecule has 0 spiro atoms. The number of aromatic amines is 1. The first-order valence-corrected chi connectivity index (χ1v) is 10.7. The van der Waals surface area contributed by atoms with Crippen LogP contribution in [-0.4, -0.2) is 34.4 Å². The summed E-state index contributed by atoms with van der Waals surface area (Å²) in [5.74, 6) is -3.26. The number of nitrogens with one attached hydrogen (secondary N) is 2. The van der Waals surface area contributed by atoms with Gasteiger partial charge >= 0.3 is 0 Å². The van der Waals surface area contributed by atoms with Gasteiger partial charge in [-0.15, -0.1) is 0 Å². The Labute approximate surface area is 165 Å². The molecule has 0 amide bonds. The van der Waals surface area contributed by atoms with Crippen molar-refractivity contribution in [3.05, 3.63) is 53.6 Å². The molecular weight excluding hydrogens is 402 g/mol. The molecule has 2 heterocycles. The number of rotatable bonds is 5. The van der Waals surface area contributed by atoms with Crippen LogP contribution in [0.3, 0.4) is 0 Å². The molecule has 3 aromatic rings. The van der Waals surface area contributed by atoms with Gasteiger partial charge in [-0.25, -0.2) is 27.2 Å². The summed E-state index contributed by atoms with van der Waals surface area (Å²) in [6.07, 6.45) is 7.42. The number of carbonyl (C=O) groups is 1. The fourth-order valence-corrected chi connectivity index (χ4v) is 5.22. The van der Waals surface area contributed by atoms with Crippen molar-refractivity contribution >= 4 is 32.5 Å². The molecule has 0 aliphatic heterocycles. The van der Waals surface area contributed by atoms with Crippen molar-refractivity contribution in [2.45, 2.75) is 37.4 Å². The Bertz CT molecular complexity index is 1190. The van der Waals surface area contributed by atoms with Crippen LogP contribution in [0.25, 0.3) is 11.0 Å². The van der Waals surface area contributed by atoms with Crippen molar-refractivity contribution in [3.8, 4) is 0 Å². The number of fused-ring (bicyclic) bond motifs is 1. The average Bonchev–Trinajstić information content (AvgIpc) is 3.15. The van der Waals surface area contributed by atoms with Crippen molar-refractivity contribution in [1.29, 1.82) is 0 Å². The lowest BCUT2D eigenvalue weighted by Crippen LogP contribution is -2.30. The fourth-order valence-electron chi connectivity index (χ4n) is 3.63. The van der Waals surface area contributed by atoms with Crippen LogP contribution >= 0.6 is 0 Å². The lowest BCUT2D eigenvalue weighted by atomic mass is 10.0. The van der Waals surface area contributed by atoms with E-state index in [1.165, 1.54) is 18.7 Å². The lowest BCUT2D eigenvalue weighted by Gasteiger charge is -2.22. The summed E-state index contributed by atoms with van der Waals surface area (Å²) < 4.78 is 56.8. The number of H-pyrrole nitrogens is 1. The smallest absolute Gasteiger partial charge is 0.235 e. The molecule has 4 rings (SSSR count). The second-order valence-corrected chi connectivity index (χ2v) is 8.97. The van der Waals surface area contributed by atoms with Gasteiger partial charge in [0.25, 0.3) is 0 Å². The maximum atomic E-state index is 15.0. The Kier molecular flexibility index (Phi) is 5.03. The first kappa shape index (κ1) is 19.4. The molecule has 0 bridgehead atoms. The molecule has 29 heavy (non-hydrogen) atoms. The summed E-state index contributed by atoms with van der Waals surface area (Å²) >= 11 is 0. The van der Waals surface area contributed by atoms with Crippen LogP contribution in [0.4, 0.5) is 14.5 Å². The van der Waals surface area contributed by atoms with Gasteiger partial charge < -0.3 is 4.98 Å². The van der Waals surface area contributed by atoms with Crippen LogP contribution < -0.4 is 4.72 Å². The Morgan fingerprint density at radius 2 is 1.93 bits per heavy atom. The zero-order valence-corrected chi connectivity index (χ0v) is 16.1. The van der Waals surface area contributed by atoms with Crippen molar-refractivity contribution in [3.63, 3.8) is 0 Å². The highest BCUT2D eigenvalue weighted by molar-refractivity contribution is 7.93. The van der Waals surface area contributed by atoms with Crippen LogP contribution in [0, 0.1) is 11.6 Å². The minimum absolute atomic E-state index is 0.00862. The number of nitrogens with zero attached hydrogens (tertiary/aromatic N) is 2. The second kappa shape index (κ2) is 7.51. The molecule has 2 N–H and O–H groups in total. The zero-order chi connectivity index (χ0) is 20.6. The molecule has 152 valence electrons. The van der Waals surface area contributed by atoms with E-state index in [4.69, 9.17) is 0 Å². The van der Waals surface area contributed by atoms with E-state index in [1.54, 1.807) is 0 Å². The molecule has 1 saturated carbocycles. The third kappa shape index (κ3) is 3.59. The number of benzene rings is 1. The molecule has 1 aliphatic rings. The SMILES string of the molecule is O=C(c1c(F)ccc(NS(=O)(=O)C2CCCCC2)c1F)c1c[nH]c2ncncc12. The van der Waals surface area contributed by atoms with Crippen LogP contribution in [0.5, 0.6) is 0 Å². The Hall–Kier alpha value is -2.88. The molecule has 0 atom stereocenters. The minimum Gasteiger partial charge on any atom is -0.345 e. The Balaban J connectivity index is 1.71. The predicted molar refractivity (Wildman–Crippen MR) is 103 cm³/mol. The van der Waals surface area contributed by atoms with E-state index in [0.717, 1.165) is 31.4 Å². The van der Waals surface area contributed by atoms with Gasteiger partial charge in [-0.05, 0) is 25.0 Å². The van der Waals surface area contributed by atoms with Crippen LogP contribution in [-0.2, 0) is 10.0 Å². The molecule has 2 aromatic heterocycles. The molecule has 1 fully saturated rings. The van der Waals surface area contributed by atoms with Gasteiger partial charge in [-0.2, -0.15) is 0 Å². The highest BCUT2D eigenvalue weighted by Crippen LogP contribution is 2.29. The number of aromatic nitrogens is 3. The lowest BCUT2D eigenvalue weighted by molar-refractivity contribution is 0.103. The highest BCUT2D eigenvalue weighted by Gasteiger charge is 2.30. The van der Waals surface area contributed by atoms with Gasteiger partial charge in [0.05, 0.1) is 22.1 Å². The molecule has 7 nitrogen and oxygen atoms in total. The van der Waals surface area contributed by atoms with Gasteiger partial charge in [-0.3, -0.25) is 9.52 Å². The number of ketones is 1. The van der Waals surface area contributed by atoms with Gasteiger partial charge in [0, 0.05) is 17.8 Å². The zero-order valence-electron chi connectivity index (χ0n) is 15.3. The highest BCUT2D eigenvalue weighted by atomic mass is 32.2. The number of halogens is 2. The van der Waals surface area contributed by atoms with E-state index in [9.17, 15) is 17.6 Å². The van der Waals surface area contributed by atoms with E-state index in [-0.39, 0.29) is 5.56 Å². The third-order valence-corrected chi connectivity index (χ3v) is 7.02. The third-order valence-electron chi connectivity index (χ3n) is 5.16. The summed E-state index contributed by atoms with van der Waals surface area (Å²) in [6.45, 7) is 0. The maximum Gasteiger partial charge on any atom is 0.235 e. The molecule has 10 heteroatoms. The first-order chi connectivity index (χ1) is 13.9. The number of carbonyl (C=O) groups excluding carboxylic acids is 1. The molecule has 1 aromatic carbocycles. The van der Waals surface area contributed by atoms with Crippen LogP contribution in [0.2, 0.25) is 0 Å². The predicted octanol–water partition coefficient (Wildman–Crippen LogP) is 3.54. The van der Waals surface area contributed by atoms with E-state index >= 15 is 4.39 Å². The summed E-state index contributed by atoms with van der Waals surface area (Å²) in [5.41, 5.74) is -0.945. The van der Waals surface area contributed by atoms with Crippen LogP contribution in [0.15, 0.2) is 30.9 Å². The first-order valence-electron chi connectivity index (χ1n) is 9.20. The average molecular weight is 420 g/mol. The largest absolute Gasteiger partial charge is 0.345 e. The molecule has 0 radical (unpaired) electrons. The maximum absolute atomic E-state index is 15.0. The molecule has 0 saturated heterocycles. The van der Waals surface area contributed by atoms with E-state index < -0.39 is 43.9 Å². The second-order valence-electron chi connectivity index (χ2n) is 7.01. The van der Waals surface area contributed by atoms with E-state index in [1.807, 2.05) is 0 Å². The van der Waals surface area contributed by atoms with Gasteiger partial charge in [0.15, 0.2) is 5.82 Å². The Morgan fingerprint density at radius 3 is 2.69 bits per heavy atom. The summed E-state index contributed by atoms with van der Waals surface area (Å²) in [4.78, 5) is 23.4. The van der Waals surface area contributed by atoms with Crippen molar-refractivity contribution in [2.24, 2.45) is 0 Å². The quantitative estimate of drug-likeness (QED) is 0.615. The monoisotopic (exact) mass is 420 g/mol. The topological polar surface area (TPSA) is 105 Å².